The molecule has 0 nitrogen and oxygen atoms in total. The molecule has 184 valence electrons. The molecule has 0 spiro atoms. The van der Waals surface area contributed by atoms with E-state index in [-0.39, 0.29) is 0 Å². The predicted molar refractivity (Wildman–Crippen MR) is 161 cm³/mol. The zero-order valence-electron chi connectivity index (χ0n) is 22.1. The second-order valence-electron chi connectivity index (χ2n) is 10.0. The molecular formula is C37H36. The highest BCUT2D eigenvalue weighted by atomic mass is 14.2. The van der Waals surface area contributed by atoms with Gasteiger partial charge in [-0.2, -0.15) is 0 Å². The molecule has 0 atom stereocenters. The van der Waals surface area contributed by atoms with Crippen molar-refractivity contribution in [1.29, 1.82) is 0 Å². The minimum absolute atomic E-state index is 0.923. The van der Waals surface area contributed by atoms with E-state index in [1.54, 1.807) is 0 Å². The van der Waals surface area contributed by atoms with E-state index in [2.05, 4.69) is 124 Å². The van der Waals surface area contributed by atoms with Crippen molar-refractivity contribution in [2.45, 2.75) is 46.0 Å². The minimum Gasteiger partial charge on any atom is -0.0991 e. The third-order valence-corrected chi connectivity index (χ3v) is 7.57. The molecule has 3 aromatic rings. The van der Waals surface area contributed by atoms with Crippen molar-refractivity contribution in [3.8, 4) is 11.1 Å². The lowest BCUT2D eigenvalue weighted by atomic mass is 9.85. The first kappa shape index (κ1) is 24.8. The summed E-state index contributed by atoms with van der Waals surface area (Å²) in [5, 5.41) is 0. The second-order valence-corrected chi connectivity index (χ2v) is 10.0. The zero-order valence-corrected chi connectivity index (χ0v) is 22.1. The van der Waals surface area contributed by atoms with Gasteiger partial charge < -0.3 is 0 Å². The summed E-state index contributed by atoms with van der Waals surface area (Å²) in [5.41, 5.74) is 14.9. The van der Waals surface area contributed by atoms with E-state index in [9.17, 15) is 0 Å². The van der Waals surface area contributed by atoms with Crippen molar-refractivity contribution < 1.29 is 0 Å². The van der Waals surface area contributed by atoms with Crippen LogP contribution in [-0.2, 0) is 6.42 Å². The Hall–Kier alpha value is -3.90. The Balaban J connectivity index is 1.61. The van der Waals surface area contributed by atoms with Gasteiger partial charge in [0.25, 0.3) is 0 Å². The average Bonchev–Trinajstić information content (AvgIpc) is 3.48. The summed E-state index contributed by atoms with van der Waals surface area (Å²) in [6, 6.07) is 24.9. The fourth-order valence-electron chi connectivity index (χ4n) is 5.50. The number of rotatable bonds is 8. The third kappa shape index (κ3) is 5.59. The van der Waals surface area contributed by atoms with Crippen LogP contribution < -0.4 is 0 Å². The van der Waals surface area contributed by atoms with Gasteiger partial charge in [-0.3, -0.25) is 0 Å². The summed E-state index contributed by atoms with van der Waals surface area (Å²) in [5.74, 6) is 0. The van der Waals surface area contributed by atoms with Crippen LogP contribution in [0.3, 0.4) is 0 Å². The molecule has 3 aromatic carbocycles. The molecule has 5 rings (SSSR count). The van der Waals surface area contributed by atoms with Gasteiger partial charge in [-0.05, 0) is 112 Å². The molecule has 0 bridgehead atoms. The summed E-state index contributed by atoms with van der Waals surface area (Å²) < 4.78 is 0. The molecule has 0 N–H and O–H groups in total. The molecule has 0 heteroatoms. The van der Waals surface area contributed by atoms with Crippen molar-refractivity contribution in [2.24, 2.45) is 0 Å². The first-order valence-electron chi connectivity index (χ1n) is 13.5. The number of hydrogen-bond donors (Lipinski definition) is 0. The van der Waals surface area contributed by atoms with Crippen LogP contribution in [0.2, 0.25) is 0 Å². The number of allylic oxidation sites excluding steroid dienone is 11. The Morgan fingerprint density at radius 2 is 1.76 bits per heavy atom. The van der Waals surface area contributed by atoms with Crippen LogP contribution in [0.15, 0.2) is 127 Å². The Morgan fingerprint density at radius 3 is 2.51 bits per heavy atom. The van der Waals surface area contributed by atoms with Gasteiger partial charge in [0.05, 0.1) is 0 Å². The maximum atomic E-state index is 3.93. The fourth-order valence-corrected chi connectivity index (χ4v) is 5.50. The van der Waals surface area contributed by atoms with Crippen molar-refractivity contribution in [3.05, 3.63) is 155 Å². The highest BCUT2D eigenvalue weighted by Crippen LogP contribution is 2.37. The molecule has 0 heterocycles. The first-order chi connectivity index (χ1) is 18.2. The molecule has 0 fully saturated rings. The molecule has 2 aliphatic carbocycles. The molecule has 0 saturated carbocycles. The molecule has 0 aliphatic heterocycles. The van der Waals surface area contributed by atoms with Crippen LogP contribution in [0.4, 0.5) is 0 Å². The Kier molecular flexibility index (Phi) is 7.66. The lowest BCUT2D eigenvalue weighted by Crippen LogP contribution is -1.99. The van der Waals surface area contributed by atoms with Gasteiger partial charge in [0.1, 0.15) is 0 Å². The fraction of sp³-hybridized carbons (Fsp3) is 0.189. The van der Waals surface area contributed by atoms with E-state index < -0.39 is 0 Å². The summed E-state index contributed by atoms with van der Waals surface area (Å²) in [7, 11) is 0. The van der Waals surface area contributed by atoms with Crippen LogP contribution >= 0.6 is 0 Å². The minimum atomic E-state index is 0.923. The van der Waals surface area contributed by atoms with E-state index in [1.807, 2.05) is 6.08 Å². The lowest BCUT2D eigenvalue weighted by molar-refractivity contribution is 0.942. The number of aryl methyl sites for hydroxylation is 1. The highest BCUT2D eigenvalue weighted by molar-refractivity contribution is 5.83. The molecule has 2 aliphatic rings. The van der Waals surface area contributed by atoms with Crippen molar-refractivity contribution >= 4 is 11.1 Å². The number of hydrogen-bond acceptors (Lipinski definition) is 0. The predicted octanol–water partition coefficient (Wildman–Crippen LogP) is 10.2. The van der Waals surface area contributed by atoms with Gasteiger partial charge in [0.15, 0.2) is 0 Å². The van der Waals surface area contributed by atoms with Crippen LogP contribution in [-0.4, -0.2) is 0 Å². The van der Waals surface area contributed by atoms with Crippen LogP contribution in [0.1, 0.15) is 60.4 Å². The molecule has 0 aromatic heterocycles. The van der Waals surface area contributed by atoms with Gasteiger partial charge in [0, 0.05) is 0 Å². The van der Waals surface area contributed by atoms with Crippen molar-refractivity contribution in [2.75, 3.05) is 0 Å². The Bertz CT molecular complexity index is 1450. The molecule has 0 unspecified atom stereocenters. The van der Waals surface area contributed by atoms with Gasteiger partial charge in [-0.25, -0.2) is 0 Å². The molecule has 0 saturated heterocycles. The summed E-state index contributed by atoms with van der Waals surface area (Å²) >= 11 is 0. The number of benzene rings is 3. The molecule has 37 heavy (non-hydrogen) atoms. The van der Waals surface area contributed by atoms with E-state index in [1.165, 1.54) is 61.2 Å². The second kappa shape index (κ2) is 11.4. The standard InChI is InChI=1S/C37H36/c1-4-12-29(5-2)31-17-11-18-32(24-31)34-21-22-35(23-28-13-7-6-8-14-28)37(26-34)36-25-33(20-19-27(36)3)30-15-9-10-16-30/h4,6-10,12-15,18-22,24-26H,1,5,11,16-17,23H2,2-3H3/b29-12+. The van der Waals surface area contributed by atoms with Crippen LogP contribution in [0.5, 0.6) is 0 Å². The largest absolute Gasteiger partial charge is 0.0991 e. The topological polar surface area (TPSA) is 0 Å². The summed E-state index contributed by atoms with van der Waals surface area (Å²) in [6.07, 6.45) is 20.7. The quantitative estimate of drug-likeness (QED) is 0.281. The van der Waals surface area contributed by atoms with Gasteiger partial charge in [0.2, 0.25) is 0 Å². The van der Waals surface area contributed by atoms with Gasteiger partial charge in [-0.1, -0.05) is 111 Å². The molecule has 0 radical (unpaired) electrons. The molecular weight excluding hydrogens is 444 g/mol. The van der Waals surface area contributed by atoms with E-state index >= 15 is 0 Å². The highest BCUT2D eigenvalue weighted by Gasteiger charge is 2.15. The van der Waals surface area contributed by atoms with Gasteiger partial charge >= 0.3 is 0 Å². The van der Waals surface area contributed by atoms with Gasteiger partial charge in [-0.15, -0.1) is 0 Å². The first-order valence-corrected chi connectivity index (χ1v) is 13.5. The van der Waals surface area contributed by atoms with E-state index in [0.717, 1.165) is 32.1 Å². The lowest BCUT2D eigenvalue weighted by Gasteiger charge is -2.19. The summed E-state index contributed by atoms with van der Waals surface area (Å²) in [6.45, 7) is 8.40. The SMILES string of the molecule is C=C/C=C(\CC)C1=CC(c2ccc(Cc3ccccc3)c(-c3cc(C4=CC=CC4)ccc3C)c2)=CCC1. The van der Waals surface area contributed by atoms with Crippen molar-refractivity contribution in [3.63, 3.8) is 0 Å². The Labute approximate surface area is 222 Å². The normalized spacial score (nSPS) is 15.3. The third-order valence-electron chi connectivity index (χ3n) is 7.57. The summed E-state index contributed by atoms with van der Waals surface area (Å²) in [4.78, 5) is 0. The maximum Gasteiger partial charge on any atom is -0.00196 e. The zero-order chi connectivity index (χ0) is 25.6. The smallest absolute Gasteiger partial charge is 0.00196 e. The monoisotopic (exact) mass is 480 g/mol. The van der Waals surface area contributed by atoms with E-state index in [0.29, 0.717) is 0 Å². The van der Waals surface area contributed by atoms with Crippen molar-refractivity contribution in [1.82, 2.24) is 0 Å². The maximum absolute atomic E-state index is 3.93. The van der Waals surface area contributed by atoms with Crippen LogP contribution in [0, 0.1) is 6.92 Å². The molecule has 0 amide bonds. The van der Waals surface area contributed by atoms with Crippen LogP contribution in [0.25, 0.3) is 22.3 Å². The Morgan fingerprint density at radius 1 is 0.946 bits per heavy atom. The average molecular weight is 481 g/mol. The van der Waals surface area contributed by atoms with E-state index in [4.69, 9.17) is 0 Å².